The van der Waals surface area contributed by atoms with Crippen LogP contribution in [0.2, 0.25) is 0 Å². The number of nitrogens with zero attached hydrogens (tertiary/aromatic N) is 1. The standard InChI is InChI=1S/C23H22N2O6S/c1-3-18(21(27)28)31-17-7-5-6-14(12-17)13-19-20(26)25-23(32-19)24-16-10-8-15(9-11-16)22(29)30-4-2/h5-13,18H,3-4H2,1-2H3,(H,27,28)(H,24,25,26)/b19-13+. The van der Waals surface area contributed by atoms with Crippen molar-refractivity contribution in [2.45, 2.75) is 26.4 Å². The number of benzene rings is 2. The molecule has 166 valence electrons. The fraction of sp³-hybridized carbons (Fsp3) is 0.217. The van der Waals surface area contributed by atoms with Crippen LogP contribution in [0, 0.1) is 0 Å². The average Bonchev–Trinajstić information content (AvgIpc) is 3.11. The summed E-state index contributed by atoms with van der Waals surface area (Å²) in [6.07, 6.45) is 1.08. The Kier molecular flexibility index (Phi) is 7.67. The van der Waals surface area contributed by atoms with Gasteiger partial charge in [0, 0.05) is 0 Å². The van der Waals surface area contributed by atoms with Gasteiger partial charge in [0.25, 0.3) is 5.91 Å². The number of thioether (sulfide) groups is 1. The first-order valence-electron chi connectivity index (χ1n) is 9.96. The molecule has 9 heteroatoms. The lowest BCUT2D eigenvalue weighted by Gasteiger charge is -2.13. The summed E-state index contributed by atoms with van der Waals surface area (Å²) in [5, 5.41) is 12.3. The van der Waals surface area contributed by atoms with E-state index in [1.807, 2.05) is 0 Å². The minimum atomic E-state index is -1.03. The van der Waals surface area contributed by atoms with Crippen LogP contribution in [0.5, 0.6) is 5.75 Å². The summed E-state index contributed by atoms with van der Waals surface area (Å²) in [6.45, 7) is 3.77. The Bertz CT molecular complexity index is 1080. The number of rotatable bonds is 8. The van der Waals surface area contributed by atoms with E-state index in [0.29, 0.717) is 45.7 Å². The lowest BCUT2D eigenvalue weighted by Crippen LogP contribution is -2.25. The normalized spacial score (nSPS) is 16.6. The number of aliphatic imine (C=N–C) groups is 1. The van der Waals surface area contributed by atoms with Crippen LogP contribution in [0.3, 0.4) is 0 Å². The van der Waals surface area contributed by atoms with Gasteiger partial charge in [-0.3, -0.25) is 4.79 Å². The van der Waals surface area contributed by atoms with E-state index in [1.54, 1.807) is 68.5 Å². The molecule has 0 aromatic heterocycles. The molecule has 0 aliphatic carbocycles. The van der Waals surface area contributed by atoms with Crippen LogP contribution >= 0.6 is 11.8 Å². The number of carboxylic acids is 1. The molecule has 0 radical (unpaired) electrons. The largest absolute Gasteiger partial charge is 0.479 e. The highest BCUT2D eigenvalue weighted by molar-refractivity contribution is 8.18. The second-order valence-corrected chi connectivity index (χ2v) is 7.71. The van der Waals surface area contributed by atoms with Gasteiger partial charge in [0.05, 0.1) is 22.8 Å². The number of esters is 1. The molecule has 1 amide bonds. The molecule has 2 N–H and O–H groups in total. The number of aliphatic carboxylic acids is 1. The van der Waals surface area contributed by atoms with E-state index < -0.39 is 18.0 Å². The average molecular weight is 455 g/mol. The number of hydrogen-bond donors (Lipinski definition) is 2. The van der Waals surface area contributed by atoms with Gasteiger partial charge in [-0.1, -0.05) is 19.1 Å². The van der Waals surface area contributed by atoms with Gasteiger partial charge in [-0.05, 0) is 73.1 Å². The fourth-order valence-corrected chi connectivity index (χ4v) is 3.63. The van der Waals surface area contributed by atoms with Crippen molar-refractivity contribution in [1.29, 1.82) is 0 Å². The molecule has 1 saturated heterocycles. The van der Waals surface area contributed by atoms with E-state index in [0.717, 1.165) is 0 Å². The summed E-state index contributed by atoms with van der Waals surface area (Å²) >= 11 is 1.18. The van der Waals surface area contributed by atoms with Crippen LogP contribution in [-0.2, 0) is 14.3 Å². The van der Waals surface area contributed by atoms with Crippen LogP contribution in [0.1, 0.15) is 36.2 Å². The van der Waals surface area contributed by atoms with E-state index in [4.69, 9.17) is 14.6 Å². The predicted octanol–water partition coefficient (Wildman–Crippen LogP) is 4.00. The number of nitrogens with one attached hydrogen (secondary N) is 1. The van der Waals surface area contributed by atoms with Crippen molar-refractivity contribution in [3.63, 3.8) is 0 Å². The van der Waals surface area contributed by atoms with Crippen LogP contribution in [-0.4, -0.2) is 40.8 Å². The third-order valence-corrected chi connectivity index (χ3v) is 5.25. The molecule has 0 bridgehead atoms. The summed E-state index contributed by atoms with van der Waals surface area (Å²) in [6, 6.07) is 13.4. The molecular formula is C23H22N2O6S. The van der Waals surface area contributed by atoms with Gasteiger partial charge >= 0.3 is 11.9 Å². The smallest absolute Gasteiger partial charge is 0.344 e. The maximum atomic E-state index is 12.3. The number of amidine groups is 1. The molecule has 1 aliphatic rings. The van der Waals surface area contributed by atoms with Crippen LogP contribution in [0.4, 0.5) is 5.69 Å². The van der Waals surface area contributed by atoms with Crippen molar-refractivity contribution >= 4 is 46.5 Å². The molecule has 32 heavy (non-hydrogen) atoms. The van der Waals surface area contributed by atoms with E-state index in [1.165, 1.54) is 11.8 Å². The Morgan fingerprint density at radius 2 is 1.94 bits per heavy atom. The van der Waals surface area contributed by atoms with Gasteiger partial charge in [-0.15, -0.1) is 0 Å². The van der Waals surface area contributed by atoms with E-state index in [9.17, 15) is 14.4 Å². The van der Waals surface area contributed by atoms with Crippen molar-refractivity contribution in [1.82, 2.24) is 5.32 Å². The summed E-state index contributed by atoms with van der Waals surface area (Å²) < 4.78 is 10.5. The quantitative estimate of drug-likeness (QED) is 0.458. The molecule has 1 heterocycles. The van der Waals surface area contributed by atoms with Crippen molar-refractivity contribution in [2.75, 3.05) is 6.61 Å². The van der Waals surface area contributed by atoms with Gasteiger partial charge in [0.1, 0.15) is 5.75 Å². The summed E-state index contributed by atoms with van der Waals surface area (Å²) in [5.74, 6) is -1.31. The monoisotopic (exact) mass is 454 g/mol. The van der Waals surface area contributed by atoms with Gasteiger partial charge < -0.3 is 19.9 Å². The number of carboxylic acid groups (broad SMARTS) is 1. The maximum Gasteiger partial charge on any atom is 0.344 e. The fourth-order valence-electron chi connectivity index (χ4n) is 2.79. The summed E-state index contributed by atoms with van der Waals surface area (Å²) in [7, 11) is 0. The Labute approximate surface area is 189 Å². The van der Waals surface area contributed by atoms with E-state index in [2.05, 4.69) is 10.3 Å². The maximum absolute atomic E-state index is 12.3. The van der Waals surface area contributed by atoms with Crippen molar-refractivity contribution in [2.24, 2.45) is 4.99 Å². The second-order valence-electron chi connectivity index (χ2n) is 6.67. The molecule has 1 unspecified atom stereocenters. The van der Waals surface area contributed by atoms with Gasteiger partial charge in [0.2, 0.25) is 0 Å². The lowest BCUT2D eigenvalue weighted by atomic mass is 10.2. The molecule has 1 fully saturated rings. The Balaban J connectivity index is 1.72. The van der Waals surface area contributed by atoms with Gasteiger partial charge in [-0.25, -0.2) is 14.6 Å². The van der Waals surface area contributed by atoms with E-state index >= 15 is 0 Å². The minimum absolute atomic E-state index is 0.291. The van der Waals surface area contributed by atoms with Crippen LogP contribution in [0.25, 0.3) is 6.08 Å². The van der Waals surface area contributed by atoms with Crippen molar-refractivity contribution in [3.8, 4) is 5.75 Å². The zero-order valence-electron chi connectivity index (χ0n) is 17.5. The first-order valence-corrected chi connectivity index (χ1v) is 10.8. The minimum Gasteiger partial charge on any atom is -0.479 e. The van der Waals surface area contributed by atoms with E-state index in [-0.39, 0.29) is 5.91 Å². The topological polar surface area (TPSA) is 114 Å². The molecule has 3 rings (SSSR count). The highest BCUT2D eigenvalue weighted by Crippen LogP contribution is 2.29. The first kappa shape index (κ1) is 23.1. The predicted molar refractivity (Wildman–Crippen MR) is 122 cm³/mol. The zero-order chi connectivity index (χ0) is 23.1. The highest BCUT2D eigenvalue weighted by atomic mass is 32.2. The SMILES string of the molecule is CCOC(=O)c1ccc(N=C2NC(=O)/C(=C\c3cccc(OC(CC)C(=O)O)c3)S2)cc1. The van der Waals surface area contributed by atoms with Crippen molar-refractivity contribution in [3.05, 3.63) is 64.6 Å². The van der Waals surface area contributed by atoms with Gasteiger partial charge in [-0.2, -0.15) is 0 Å². The number of carbonyl (C=O) groups is 3. The molecule has 0 saturated carbocycles. The van der Waals surface area contributed by atoms with Crippen LogP contribution < -0.4 is 10.1 Å². The number of amides is 1. The number of hydrogen-bond acceptors (Lipinski definition) is 7. The van der Waals surface area contributed by atoms with Gasteiger partial charge in [0.15, 0.2) is 11.3 Å². The molecule has 2 aromatic carbocycles. The Morgan fingerprint density at radius 3 is 2.59 bits per heavy atom. The molecule has 8 nitrogen and oxygen atoms in total. The summed E-state index contributed by atoms with van der Waals surface area (Å²) in [5.41, 5.74) is 1.70. The molecule has 1 atom stereocenters. The zero-order valence-corrected chi connectivity index (χ0v) is 18.3. The number of carbonyl (C=O) groups excluding carboxylic acids is 2. The Hall–Kier alpha value is -3.59. The number of ether oxygens (including phenoxy) is 2. The highest BCUT2D eigenvalue weighted by Gasteiger charge is 2.24. The summed E-state index contributed by atoms with van der Waals surface area (Å²) in [4.78, 5) is 40.1. The molecule has 2 aromatic rings. The molecule has 1 aliphatic heterocycles. The third-order valence-electron chi connectivity index (χ3n) is 4.34. The van der Waals surface area contributed by atoms with Crippen molar-refractivity contribution < 1.29 is 29.0 Å². The molecular weight excluding hydrogens is 432 g/mol. The Morgan fingerprint density at radius 1 is 1.19 bits per heavy atom. The lowest BCUT2D eigenvalue weighted by molar-refractivity contribution is -0.145. The van der Waals surface area contributed by atoms with Crippen LogP contribution in [0.15, 0.2) is 58.4 Å². The first-order chi connectivity index (χ1) is 15.4. The molecule has 0 spiro atoms. The second kappa shape index (κ2) is 10.6. The third kappa shape index (κ3) is 5.98.